The lowest BCUT2D eigenvalue weighted by atomic mass is 10.1. The molecule has 0 radical (unpaired) electrons. The van der Waals surface area contributed by atoms with Gasteiger partial charge in [0.25, 0.3) is 5.91 Å². The molecular weight excluding hydrogens is 246 g/mol. The number of carbonyl (C=O) groups excluding carboxylic acids is 1. The van der Waals surface area contributed by atoms with E-state index in [0.29, 0.717) is 23.7 Å². The predicted molar refractivity (Wildman–Crippen MR) is 67.6 cm³/mol. The molecule has 0 aliphatic heterocycles. The van der Waals surface area contributed by atoms with E-state index in [9.17, 15) is 4.79 Å². The summed E-state index contributed by atoms with van der Waals surface area (Å²) < 4.78 is 10.2. The number of furan rings is 1. The lowest BCUT2D eigenvalue weighted by molar-refractivity contribution is 0.0779. The normalized spacial score (nSPS) is 11.0. The second-order valence-corrected chi connectivity index (χ2v) is 4.78. The molecule has 0 aromatic carbocycles. The lowest BCUT2D eigenvalue weighted by Crippen LogP contribution is -2.26. The first-order valence-corrected chi connectivity index (χ1v) is 6.10. The summed E-state index contributed by atoms with van der Waals surface area (Å²) in [7, 11) is 1.69. The minimum absolute atomic E-state index is 0.113. The van der Waals surface area contributed by atoms with Gasteiger partial charge in [0, 0.05) is 13.0 Å². The maximum Gasteiger partial charge on any atom is 0.257 e. The fourth-order valence-corrected chi connectivity index (χ4v) is 1.75. The fraction of sp³-hybridized carbons (Fsp3) is 0.462. The van der Waals surface area contributed by atoms with Crippen molar-refractivity contribution >= 4 is 5.91 Å². The monoisotopic (exact) mass is 263 g/mol. The molecule has 0 aliphatic carbocycles. The third-order valence-corrected chi connectivity index (χ3v) is 2.87. The van der Waals surface area contributed by atoms with Crippen LogP contribution < -0.4 is 0 Å². The average molecular weight is 263 g/mol. The zero-order valence-corrected chi connectivity index (χ0v) is 11.5. The maximum absolute atomic E-state index is 12.3. The Bertz CT molecular complexity index is 558. The van der Waals surface area contributed by atoms with Crippen molar-refractivity contribution in [3.05, 3.63) is 35.4 Å². The van der Waals surface area contributed by atoms with Gasteiger partial charge in [0.05, 0.1) is 12.1 Å². The predicted octanol–water partition coefficient (Wildman–Crippen LogP) is 2.37. The van der Waals surface area contributed by atoms with Crippen molar-refractivity contribution in [1.29, 1.82) is 0 Å². The largest absolute Gasteiger partial charge is 0.465 e. The van der Waals surface area contributed by atoms with E-state index in [1.54, 1.807) is 20.0 Å². The topological polar surface area (TPSA) is 72.4 Å². The minimum atomic E-state index is -0.113. The molecule has 0 bridgehead atoms. The van der Waals surface area contributed by atoms with Gasteiger partial charge in [-0.15, -0.1) is 0 Å². The summed E-state index contributed by atoms with van der Waals surface area (Å²) in [5.41, 5.74) is 0.578. The van der Waals surface area contributed by atoms with E-state index in [2.05, 4.69) is 14.7 Å². The molecule has 0 spiro atoms. The van der Waals surface area contributed by atoms with Crippen LogP contribution in [-0.4, -0.2) is 28.0 Å². The van der Waals surface area contributed by atoms with E-state index in [0.717, 1.165) is 5.76 Å². The Morgan fingerprint density at radius 3 is 2.74 bits per heavy atom. The molecule has 0 saturated carbocycles. The zero-order valence-electron chi connectivity index (χ0n) is 11.5. The molecule has 0 aliphatic rings. The van der Waals surface area contributed by atoms with Gasteiger partial charge in [-0.25, -0.2) is 0 Å². The van der Waals surface area contributed by atoms with Crippen molar-refractivity contribution in [3.63, 3.8) is 0 Å². The van der Waals surface area contributed by atoms with Crippen LogP contribution in [0, 0.1) is 6.92 Å². The Morgan fingerprint density at radius 2 is 2.21 bits per heavy atom. The molecule has 1 amide bonds. The Hall–Kier alpha value is -2.11. The SMILES string of the molecule is Cc1oc(C(C)C)cc1C(=O)N(C)Cc1ncon1. The summed E-state index contributed by atoms with van der Waals surface area (Å²) in [5.74, 6) is 2.06. The Kier molecular flexibility index (Phi) is 3.69. The van der Waals surface area contributed by atoms with E-state index in [1.807, 2.05) is 13.8 Å². The number of aryl methyl sites for hydroxylation is 1. The van der Waals surface area contributed by atoms with Crippen LogP contribution in [0.1, 0.15) is 47.5 Å². The van der Waals surface area contributed by atoms with Crippen LogP contribution in [0.3, 0.4) is 0 Å². The fourth-order valence-electron chi connectivity index (χ4n) is 1.75. The lowest BCUT2D eigenvalue weighted by Gasteiger charge is -2.14. The second kappa shape index (κ2) is 5.26. The molecule has 102 valence electrons. The van der Waals surface area contributed by atoms with Gasteiger partial charge in [0.2, 0.25) is 6.39 Å². The average Bonchev–Trinajstić information content (AvgIpc) is 2.97. The van der Waals surface area contributed by atoms with Crippen LogP contribution in [0.25, 0.3) is 0 Å². The van der Waals surface area contributed by atoms with Gasteiger partial charge in [0.1, 0.15) is 11.5 Å². The van der Waals surface area contributed by atoms with Crippen LogP contribution in [0.2, 0.25) is 0 Å². The highest BCUT2D eigenvalue weighted by atomic mass is 16.5. The van der Waals surface area contributed by atoms with Gasteiger partial charge in [-0.1, -0.05) is 19.0 Å². The maximum atomic E-state index is 12.3. The minimum Gasteiger partial charge on any atom is -0.465 e. The van der Waals surface area contributed by atoms with E-state index >= 15 is 0 Å². The smallest absolute Gasteiger partial charge is 0.257 e. The number of nitrogens with zero attached hydrogens (tertiary/aromatic N) is 3. The molecule has 2 rings (SSSR count). The van der Waals surface area contributed by atoms with Crippen LogP contribution in [0.4, 0.5) is 0 Å². The Labute approximate surface area is 111 Å². The number of aromatic nitrogens is 2. The van der Waals surface area contributed by atoms with Gasteiger partial charge in [-0.2, -0.15) is 4.98 Å². The van der Waals surface area contributed by atoms with Gasteiger partial charge in [0.15, 0.2) is 5.82 Å². The van der Waals surface area contributed by atoms with Crippen molar-refractivity contribution in [2.45, 2.75) is 33.2 Å². The molecule has 0 atom stereocenters. The van der Waals surface area contributed by atoms with Crippen molar-refractivity contribution < 1.29 is 13.7 Å². The third kappa shape index (κ3) is 2.83. The molecule has 0 fully saturated rings. The first kappa shape index (κ1) is 13.3. The molecule has 0 unspecified atom stereocenters. The number of amides is 1. The number of hydrogen-bond acceptors (Lipinski definition) is 5. The quantitative estimate of drug-likeness (QED) is 0.846. The second-order valence-electron chi connectivity index (χ2n) is 4.78. The zero-order chi connectivity index (χ0) is 14.0. The molecule has 2 heterocycles. The molecule has 6 heteroatoms. The van der Waals surface area contributed by atoms with E-state index < -0.39 is 0 Å². The van der Waals surface area contributed by atoms with Gasteiger partial charge in [-0.3, -0.25) is 4.79 Å². The Balaban J connectivity index is 2.14. The summed E-state index contributed by atoms with van der Waals surface area (Å²) in [6, 6.07) is 1.80. The van der Waals surface area contributed by atoms with E-state index in [-0.39, 0.29) is 11.8 Å². The van der Waals surface area contributed by atoms with Gasteiger partial charge >= 0.3 is 0 Å². The highest BCUT2D eigenvalue weighted by Crippen LogP contribution is 2.22. The number of hydrogen-bond donors (Lipinski definition) is 0. The first-order chi connectivity index (χ1) is 8.99. The van der Waals surface area contributed by atoms with E-state index in [1.165, 1.54) is 11.3 Å². The summed E-state index contributed by atoms with van der Waals surface area (Å²) in [4.78, 5) is 17.7. The van der Waals surface area contributed by atoms with Crippen LogP contribution in [-0.2, 0) is 6.54 Å². The molecule has 0 N–H and O–H groups in total. The molecule has 6 nitrogen and oxygen atoms in total. The van der Waals surface area contributed by atoms with Gasteiger partial charge < -0.3 is 13.8 Å². The van der Waals surface area contributed by atoms with Crippen LogP contribution >= 0.6 is 0 Å². The van der Waals surface area contributed by atoms with Crippen molar-refractivity contribution in [2.24, 2.45) is 0 Å². The highest BCUT2D eigenvalue weighted by molar-refractivity contribution is 5.95. The highest BCUT2D eigenvalue weighted by Gasteiger charge is 2.20. The first-order valence-electron chi connectivity index (χ1n) is 6.10. The molecular formula is C13H17N3O3. The molecule has 2 aromatic rings. The van der Waals surface area contributed by atoms with Crippen molar-refractivity contribution in [1.82, 2.24) is 15.0 Å². The molecule has 0 saturated heterocycles. The summed E-state index contributed by atoms with van der Waals surface area (Å²) in [6.07, 6.45) is 1.24. The van der Waals surface area contributed by atoms with Gasteiger partial charge in [-0.05, 0) is 13.0 Å². The van der Waals surface area contributed by atoms with Crippen molar-refractivity contribution in [3.8, 4) is 0 Å². The van der Waals surface area contributed by atoms with Crippen molar-refractivity contribution in [2.75, 3.05) is 7.05 Å². The Morgan fingerprint density at radius 1 is 1.47 bits per heavy atom. The van der Waals surface area contributed by atoms with E-state index in [4.69, 9.17) is 4.42 Å². The summed E-state index contributed by atoms with van der Waals surface area (Å²) >= 11 is 0. The molecule has 19 heavy (non-hydrogen) atoms. The number of rotatable bonds is 4. The third-order valence-electron chi connectivity index (χ3n) is 2.87. The van der Waals surface area contributed by atoms with Crippen LogP contribution in [0.5, 0.6) is 0 Å². The molecule has 2 aromatic heterocycles. The van der Waals surface area contributed by atoms with Crippen LogP contribution in [0.15, 0.2) is 21.4 Å². The standard InChI is InChI=1S/C13H17N3O3/c1-8(2)11-5-10(9(3)19-11)13(17)16(4)6-12-14-7-18-15-12/h5,7-8H,6H2,1-4H3. The summed E-state index contributed by atoms with van der Waals surface area (Å²) in [5, 5.41) is 3.68. The number of carbonyl (C=O) groups is 1. The summed E-state index contributed by atoms with van der Waals surface area (Å²) in [6.45, 7) is 6.14.